The number of nitriles is 1. The van der Waals surface area contributed by atoms with E-state index in [1.54, 1.807) is 23.5 Å². The highest BCUT2D eigenvalue weighted by atomic mass is 32.2. The molecule has 2 N–H and O–H groups in total. The summed E-state index contributed by atoms with van der Waals surface area (Å²) in [7, 11) is -4.01. The molecule has 0 unspecified atom stereocenters. The lowest BCUT2D eigenvalue weighted by molar-refractivity contribution is 0.599. The molecule has 4 rings (SSSR count). The molecule has 0 fully saturated rings. The number of H-pyrrole nitrogens is 1. The third-order valence-electron chi connectivity index (χ3n) is 4.13. The van der Waals surface area contributed by atoms with Gasteiger partial charge in [0.1, 0.15) is 10.7 Å². The molecule has 0 radical (unpaired) electrons. The van der Waals surface area contributed by atoms with Crippen molar-refractivity contribution in [3.63, 3.8) is 0 Å². The van der Waals surface area contributed by atoms with Crippen LogP contribution in [-0.2, 0) is 10.0 Å². The molecule has 8 heteroatoms. The van der Waals surface area contributed by atoms with Crippen LogP contribution in [0.5, 0.6) is 0 Å². The van der Waals surface area contributed by atoms with Crippen molar-refractivity contribution in [3.8, 4) is 17.2 Å². The van der Waals surface area contributed by atoms with Gasteiger partial charge in [-0.25, -0.2) is 12.8 Å². The number of halogens is 1. The van der Waals surface area contributed by atoms with Gasteiger partial charge < -0.3 is 4.98 Å². The molecule has 0 atom stereocenters. The van der Waals surface area contributed by atoms with E-state index in [2.05, 4.69) is 9.71 Å². The van der Waals surface area contributed by atoms with E-state index in [1.807, 2.05) is 29.0 Å². The molecule has 0 aliphatic heterocycles. The number of nitrogens with zero attached hydrogens (tertiary/aromatic N) is 1. The second-order valence-corrected chi connectivity index (χ2v) is 8.27. The first-order chi connectivity index (χ1) is 13.0. The molecule has 4 aromatic rings. The molecule has 0 aliphatic carbocycles. The van der Waals surface area contributed by atoms with Gasteiger partial charge in [0.2, 0.25) is 0 Å². The van der Waals surface area contributed by atoms with E-state index in [4.69, 9.17) is 5.26 Å². The van der Waals surface area contributed by atoms with Crippen molar-refractivity contribution in [2.24, 2.45) is 0 Å². The van der Waals surface area contributed by atoms with Crippen molar-refractivity contribution in [1.82, 2.24) is 4.98 Å². The molecule has 134 valence electrons. The predicted molar refractivity (Wildman–Crippen MR) is 104 cm³/mol. The summed E-state index contributed by atoms with van der Waals surface area (Å²) in [6, 6.07) is 12.8. The molecule has 27 heavy (non-hydrogen) atoms. The largest absolute Gasteiger partial charge is 0.360 e. The van der Waals surface area contributed by atoms with E-state index in [9.17, 15) is 12.8 Å². The van der Waals surface area contributed by atoms with Crippen LogP contribution in [0.2, 0.25) is 0 Å². The zero-order valence-electron chi connectivity index (χ0n) is 13.7. The van der Waals surface area contributed by atoms with Crippen LogP contribution in [0.25, 0.3) is 22.0 Å². The Morgan fingerprint density at radius 1 is 1.11 bits per heavy atom. The number of benzene rings is 2. The number of hydrogen-bond acceptors (Lipinski definition) is 4. The van der Waals surface area contributed by atoms with Crippen molar-refractivity contribution in [1.29, 1.82) is 5.26 Å². The minimum Gasteiger partial charge on any atom is -0.360 e. The maximum absolute atomic E-state index is 14.0. The van der Waals surface area contributed by atoms with Crippen LogP contribution in [0.1, 0.15) is 5.56 Å². The van der Waals surface area contributed by atoms with Gasteiger partial charge in [0.25, 0.3) is 10.0 Å². The molecular formula is C19H12FN3O2S2. The fourth-order valence-electron chi connectivity index (χ4n) is 2.80. The van der Waals surface area contributed by atoms with Crippen LogP contribution >= 0.6 is 11.3 Å². The van der Waals surface area contributed by atoms with E-state index in [0.29, 0.717) is 10.9 Å². The monoisotopic (exact) mass is 397 g/mol. The maximum Gasteiger partial charge on any atom is 0.264 e. The topological polar surface area (TPSA) is 85.8 Å². The lowest BCUT2D eigenvalue weighted by atomic mass is 10.1. The standard InChI is InChI=1S/C19H12FN3O2S2/c20-16-7-12(9-21)1-4-17(16)23-27(24,25)19-10-22-18-8-13(2-3-15(18)19)14-5-6-26-11-14/h1-8,10-11,22-23H. The third-order valence-corrected chi connectivity index (χ3v) is 6.22. The summed E-state index contributed by atoms with van der Waals surface area (Å²) >= 11 is 1.58. The average Bonchev–Trinajstić information content (AvgIpc) is 3.32. The molecule has 0 spiro atoms. The molecule has 0 saturated carbocycles. The fourth-order valence-corrected chi connectivity index (χ4v) is 4.71. The number of rotatable bonds is 4. The van der Waals surface area contributed by atoms with Crippen LogP contribution in [0.4, 0.5) is 10.1 Å². The number of anilines is 1. The smallest absolute Gasteiger partial charge is 0.264 e. The van der Waals surface area contributed by atoms with Crippen molar-refractivity contribution in [2.75, 3.05) is 4.72 Å². The molecule has 0 saturated heterocycles. The maximum atomic E-state index is 14.0. The predicted octanol–water partition coefficient (Wildman–Crippen LogP) is 4.71. The molecular weight excluding hydrogens is 385 g/mol. The Kier molecular flexibility index (Phi) is 4.18. The van der Waals surface area contributed by atoms with Gasteiger partial charge in [-0.05, 0) is 52.2 Å². The minimum absolute atomic E-state index is 0.0260. The highest BCUT2D eigenvalue weighted by Gasteiger charge is 2.21. The van der Waals surface area contributed by atoms with Gasteiger partial charge in [0, 0.05) is 17.1 Å². The summed E-state index contributed by atoms with van der Waals surface area (Å²) in [4.78, 5) is 2.99. The number of fused-ring (bicyclic) bond motifs is 1. The number of nitrogens with one attached hydrogen (secondary N) is 2. The second-order valence-electron chi connectivity index (χ2n) is 5.84. The summed E-state index contributed by atoms with van der Waals surface area (Å²) < 4.78 is 41.8. The van der Waals surface area contributed by atoms with Gasteiger partial charge in [-0.15, -0.1) is 0 Å². The summed E-state index contributed by atoms with van der Waals surface area (Å²) in [6.07, 6.45) is 1.38. The van der Waals surface area contributed by atoms with Gasteiger partial charge >= 0.3 is 0 Å². The zero-order valence-corrected chi connectivity index (χ0v) is 15.4. The molecule has 0 amide bonds. The normalized spacial score (nSPS) is 11.4. The number of hydrogen-bond donors (Lipinski definition) is 2. The lowest BCUT2D eigenvalue weighted by Crippen LogP contribution is -2.13. The van der Waals surface area contributed by atoms with Crippen molar-refractivity contribution < 1.29 is 12.8 Å². The van der Waals surface area contributed by atoms with E-state index >= 15 is 0 Å². The van der Waals surface area contributed by atoms with Crippen LogP contribution < -0.4 is 4.72 Å². The molecule has 2 heterocycles. The second kappa shape index (κ2) is 6.54. The van der Waals surface area contributed by atoms with Crippen molar-refractivity contribution in [3.05, 3.63) is 70.8 Å². The highest BCUT2D eigenvalue weighted by Crippen LogP contribution is 2.30. The number of aromatic nitrogens is 1. The average molecular weight is 397 g/mol. The first-order valence-corrected chi connectivity index (χ1v) is 10.3. The summed E-state index contributed by atoms with van der Waals surface area (Å²) in [6.45, 7) is 0. The van der Waals surface area contributed by atoms with Crippen LogP contribution in [-0.4, -0.2) is 13.4 Å². The molecule has 0 bridgehead atoms. The van der Waals surface area contributed by atoms with E-state index in [0.717, 1.165) is 17.2 Å². The van der Waals surface area contributed by atoms with Crippen molar-refractivity contribution >= 4 is 38.0 Å². The lowest BCUT2D eigenvalue weighted by Gasteiger charge is -2.08. The Labute approximate surface area is 158 Å². The minimum atomic E-state index is -4.01. The number of sulfonamides is 1. The van der Waals surface area contributed by atoms with Gasteiger partial charge in [-0.1, -0.05) is 12.1 Å². The Balaban J connectivity index is 1.72. The third kappa shape index (κ3) is 3.18. The quantitative estimate of drug-likeness (QED) is 0.523. The summed E-state index contributed by atoms with van der Waals surface area (Å²) in [5.41, 5.74) is 2.60. The first kappa shape index (κ1) is 17.3. The Morgan fingerprint density at radius 2 is 1.96 bits per heavy atom. The Hall–Kier alpha value is -3.15. The molecule has 2 aromatic carbocycles. The first-order valence-electron chi connectivity index (χ1n) is 7.84. The SMILES string of the molecule is N#Cc1ccc(NS(=O)(=O)c2c[nH]c3cc(-c4ccsc4)ccc23)c(F)c1. The van der Waals surface area contributed by atoms with E-state index in [1.165, 1.54) is 18.3 Å². The Bertz CT molecular complexity index is 1290. The van der Waals surface area contributed by atoms with Gasteiger partial charge in [-0.3, -0.25) is 4.72 Å². The van der Waals surface area contributed by atoms with E-state index in [-0.39, 0.29) is 16.1 Å². The van der Waals surface area contributed by atoms with Gasteiger partial charge in [-0.2, -0.15) is 16.6 Å². The highest BCUT2D eigenvalue weighted by molar-refractivity contribution is 7.93. The molecule has 2 aromatic heterocycles. The zero-order chi connectivity index (χ0) is 19.0. The number of thiophene rings is 1. The molecule has 0 aliphatic rings. The van der Waals surface area contributed by atoms with Crippen LogP contribution in [0.15, 0.2) is 64.3 Å². The van der Waals surface area contributed by atoms with Gasteiger partial charge in [0.15, 0.2) is 0 Å². The van der Waals surface area contributed by atoms with Gasteiger partial charge in [0.05, 0.1) is 17.3 Å². The summed E-state index contributed by atoms with van der Waals surface area (Å²) in [5, 5.41) is 13.3. The fraction of sp³-hybridized carbons (Fsp3) is 0. The number of aromatic amines is 1. The van der Waals surface area contributed by atoms with E-state index < -0.39 is 15.8 Å². The molecule has 5 nitrogen and oxygen atoms in total. The summed E-state index contributed by atoms with van der Waals surface area (Å²) in [5.74, 6) is -0.808. The Morgan fingerprint density at radius 3 is 2.67 bits per heavy atom. The van der Waals surface area contributed by atoms with Crippen molar-refractivity contribution in [2.45, 2.75) is 4.90 Å². The van der Waals surface area contributed by atoms with Crippen LogP contribution in [0.3, 0.4) is 0 Å². The van der Waals surface area contributed by atoms with Crippen LogP contribution in [0, 0.1) is 17.1 Å².